The molecule has 4 aromatic rings. The lowest BCUT2D eigenvalue weighted by atomic mass is 9.75. The summed E-state index contributed by atoms with van der Waals surface area (Å²) >= 11 is 6.58. The summed E-state index contributed by atoms with van der Waals surface area (Å²) in [6, 6.07) is 1.75. The van der Waals surface area contributed by atoms with Crippen molar-refractivity contribution in [1.29, 1.82) is 0 Å². The zero-order valence-electron chi connectivity index (χ0n) is 27.4. The van der Waals surface area contributed by atoms with Gasteiger partial charge in [-0.05, 0) is 51.8 Å². The minimum absolute atomic E-state index is 0.0327. The van der Waals surface area contributed by atoms with Crippen molar-refractivity contribution in [1.82, 2.24) is 30.0 Å². The molecule has 258 valence electrons. The van der Waals surface area contributed by atoms with Crippen LogP contribution in [0.25, 0.3) is 33.1 Å². The number of hydrogen-bond donors (Lipinski definition) is 3. The van der Waals surface area contributed by atoms with Crippen LogP contribution in [-0.4, -0.2) is 118 Å². The maximum absolute atomic E-state index is 17.1. The van der Waals surface area contributed by atoms with Gasteiger partial charge in [-0.2, -0.15) is 15.1 Å². The number of aromatic amines is 1. The number of halogens is 3. The van der Waals surface area contributed by atoms with Gasteiger partial charge in [0.05, 0.1) is 51.3 Å². The van der Waals surface area contributed by atoms with Gasteiger partial charge in [-0.1, -0.05) is 18.0 Å². The number of nitrogens with one attached hydrogen (secondary N) is 1. The summed E-state index contributed by atoms with van der Waals surface area (Å²) in [6.07, 6.45) is 2.95. The fourth-order valence-corrected chi connectivity index (χ4v) is 8.20. The van der Waals surface area contributed by atoms with E-state index in [1.54, 1.807) is 31.0 Å². The molecular formula is C33H40ClF2N7O5. The number of rotatable bonds is 7. The molecule has 2 aliphatic heterocycles. The fraction of sp³-hybridized carbons (Fsp3) is 0.576. The molecule has 5 unspecified atom stereocenters. The van der Waals surface area contributed by atoms with E-state index in [9.17, 15) is 14.6 Å². The molecule has 2 saturated heterocycles. The number of aromatic nitrogens is 5. The Morgan fingerprint density at radius 3 is 2.83 bits per heavy atom. The van der Waals surface area contributed by atoms with E-state index >= 15 is 4.39 Å². The SMILES string of the molecule is COc1nc(-c2c(C)c(Cl)cc3[nH]ncc23)c(F)c2nc(OCC34CCCC3N(C)CC(F)C4)nc(N3CC(CO)OCC(C)(O)C3)c12. The first-order valence-corrected chi connectivity index (χ1v) is 16.6. The maximum Gasteiger partial charge on any atom is 0.319 e. The highest BCUT2D eigenvalue weighted by Crippen LogP contribution is 2.48. The number of methoxy groups -OCH3 is 1. The second kappa shape index (κ2) is 12.5. The van der Waals surface area contributed by atoms with Crippen LogP contribution in [0.5, 0.6) is 11.9 Å². The number of β-amino-alcohol motifs (C(OH)–C–C–N with tert-alkyl or cyclic N) is 1. The molecule has 3 aliphatic rings. The molecule has 0 amide bonds. The summed E-state index contributed by atoms with van der Waals surface area (Å²) in [5.74, 6) is -0.537. The van der Waals surface area contributed by atoms with Crippen LogP contribution in [0.15, 0.2) is 12.3 Å². The van der Waals surface area contributed by atoms with Crippen LogP contribution in [0.1, 0.15) is 38.2 Å². The van der Waals surface area contributed by atoms with Crippen LogP contribution in [0.3, 0.4) is 0 Å². The number of piperidine rings is 1. The molecule has 7 rings (SSSR count). The average Bonchev–Trinajstić information content (AvgIpc) is 3.66. The van der Waals surface area contributed by atoms with Gasteiger partial charge in [-0.3, -0.25) is 10.00 Å². The number of pyridine rings is 1. The van der Waals surface area contributed by atoms with Crippen molar-refractivity contribution in [3.63, 3.8) is 0 Å². The molecule has 3 aromatic heterocycles. The Labute approximate surface area is 281 Å². The minimum atomic E-state index is -1.34. The molecular weight excluding hydrogens is 648 g/mol. The highest BCUT2D eigenvalue weighted by atomic mass is 35.5. The Bertz CT molecular complexity index is 1860. The van der Waals surface area contributed by atoms with E-state index in [-0.39, 0.29) is 73.3 Å². The van der Waals surface area contributed by atoms with E-state index in [0.717, 1.165) is 19.3 Å². The minimum Gasteiger partial charge on any atom is -0.480 e. The molecule has 15 heteroatoms. The Hall–Kier alpha value is -3.43. The Kier molecular flexibility index (Phi) is 8.60. The predicted octanol–water partition coefficient (Wildman–Crippen LogP) is 4.22. The molecule has 1 aliphatic carbocycles. The third-order valence-corrected chi connectivity index (χ3v) is 10.6. The molecule has 3 fully saturated rings. The predicted molar refractivity (Wildman–Crippen MR) is 176 cm³/mol. The number of aliphatic hydroxyl groups is 2. The molecule has 0 spiro atoms. The summed E-state index contributed by atoms with van der Waals surface area (Å²) in [5, 5.41) is 29.4. The number of nitrogens with zero attached hydrogens (tertiary/aromatic N) is 6. The van der Waals surface area contributed by atoms with Crippen LogP contribution in [-0.2, 0) is 4.74 Å². The van der Waals surface area contributed by atoms with Crippen LogP contribution >= 0.6 is 11.6 Å². The molecule has 48 heavy (non-hydrogen) atoms. The summed E-state index contributed by atoms with van der Waals surface area (Å²) in [5.41, 5.74) is -0.354. The van der Waals surface area contributed by atoms with Crippen LogP contribution in [0.2, 0.25) is 5.02 Å². The van der Waals surface area contributed by atoms with Crippen molar-refractivity contribution in [2.75, 3.05) is 58.5 Å². The number of benzene rings is 1. The van der Waals surface area contributed by atoms with Crippen LogP contribution in [0, 0.1) is 18.2 Å². The van der Waals surface area contributed by atoms with Crippen molar-refractivity contribution in [2.45, 2.75) is 63.4 Å². The highest BCUT2D eigenvalue weighted by molar-refractivity contribution is 6.33. The number of aliphatic hydroxyl groups excluding tert-OH is 1. The first-order valence-electron chi connectivity index (χ1n) is 16.2. The van der Waals surface area contributed by atoms with E-state index in [2.05, 4.69) is 25.1 Å². The number of likely N-dealkylation sites (tertiary alicyclic amines) is 1. The quantitative estimate of drug-likeness (QED) is 0.257. The van der Waals surface area contributed by atoms with Gasteiger partial charge in [0, 0.05) is 40.5 Å². The van der Waals surface area contributed by atoms with Gasteiger partial charge in [0.15, 0.2) is 5.82 Å². The molecule has 12 nitrogen and oxygen atoms in total. The summed E-state index contributed by atoms with van der Waals surface area (Å²) in [4.78, 5) is 17.8. The zero-order chi connectivity index (χ0) is 34.0. The first-order chi connectivity index (χ1) is 22.9. The zero-order valence-corrected chi connectivity index (χ0v) is 28.2. The Balaban J connectivity index is 1.42. The van der Waals surface area contributed by atoms with Crippen molar-refractivity contribution in [3.8, 4) is 23.1 Å². The number of anilines is 1. The second-order valence-electron chi connectivity index (χ2n) is 13.8. The summed E-state index contributed by atoms with van der Waals surface area (Å²) in [6.45, 7) is 3.70. The van der Waals surface area contributed by atoms with Crippen LogP contribution in [0.4, 0.5) is 14.6 Å². The number of alkyl halides is 1. The smallest absolute Gasteiger partial charge is 0.319 e. The van der Waals surface area contributed by atoms with E-state index in [1.165, 1.54) is 7.11 Å². The van der Waals surface area contributed by atoms with Crippen molar-refractivity contribution in [2.24, 2.45) is 5.41 Å². The normalized spacial score (nSPS) is 28.2. The molecule has 5 heterocycles. The third kappa shape index (κ3) is 5.70. The number of ether oxygens (including phenoxy) is 3. The third-order valence-electron chi connectivity index (χ3n) is 10.2. The van der Waals surface area contributed by atoms with Gasteiger partial charge in [0.1, 0.15) is 34.2 Å². The molecule has 5 atom stereocenters. The fourth-order valence-electron chi connectivity index (χ4n) is 7.99. The Morgan fingerprint density at radius 2 is 2.06 bits per heavy atom. The maximum atomic E-state index is 17.1. The monoisotopic (exact) mass is 687 g/mol. The van der Waals surface area contributed by atoms with Crippen molar-refractivity contribution in [3.05, 3.63) is 28.7 Å². The lowest BCUT2D eigenvalue weighted by molar-refractivity contribution is -0.0528. The van der Waals surface area contributed by atoms with E-state index in [1.807, 2.05) is 7.05 Å². The van der Waals surface area contributed by atoms with E-state index in [4.69, 9.17) is 30.8 Å². The van der Waals surface area contributed by atoms with E-state index in [0.29, 0.717) is 40.0 Å². The van der Waals surface area contributed by atoms with Gasteiger partial charge in [0.2, 0.25) is 5.88 Å². The second-order valence-corrected chi connectivity index (χ2v) is 14.2. The molecule has 1 aromatic carbocycles. The van der Waals surface area contributed by atoms with Gasteiger partial charge in [-0.25, -0.2) is 13.8 Å². The molecule has 3 N–H and O–H groups in total. The van der Waals surface area contributed by atoms with Gasteiger partial charge >= 0.3 is 6.01 Å². The average molecular weight is 688 g/mol. The molecule has 0 radical (unpaired) electrons. The largest absolute Gasteiger partial charge is 0.480 e. The summed E-state index contributed by atoms with van der Waals surface area (Å²) < 4.78 is 50.0. The standard InChI is InChI=1S/C33H40ClF2N7O5/c1-17-21(34)8-22-20(10-37-41-22)24(17)27-26(36)28-25(30(38-27)46-4)29(43-12-19(13-44)47-15-32(2,45)14-43)40-31(39-28)48-16-33-7-5-6-23(33)42(3)11-18(35)9-33/h8,10,18-19,23,44-45H,5-7,9,11-16H2,1-4H3,(H,37,41). The number of fused-ring (bicyclic) bond motifs is 3. The van der Waals surface area contributed by atoms with Gasteiger partial charge < -0.3 is 29.3 Å². The topological polar surface area (TPSA) is 142 Å². The lowest BCUT2D eigenvalue weighted by Crippen LogP contribution is -2.54. The van der Waals surface area contributed by atoms with E-state index < -0.39 is 29.1 Å². The van der Waals surface area contributed by atoms with Crippen molar-refractivity contribution >= 4 is 39.2 Å². The van der Waals surface area contributed by atoms with Gasteiger partial charge in [0.25, 0.3) is 0 Å². The highest BCUT2D eigenvalue weighted by Gasteiger charge is 2.50. The molecule has 0 bridgehead atoms. The lowest BCUT2D eigenvalue weighted by Gasteiger charge is -2.45. The number of hydrogen-bond acceptors (Lipinski definition) is 11. The van der Waals surface area contributed by atoms with Gasteiger partial charge in [-0.15, -0.1) is 0 Å². The summed E-state index contributed by atoms with van der Waals surface area (Å²) in [7, 11) is 3.36. The molecule has 1 saturated carbocycles. The van der Waals surface area contributed by atoms with Crippen LogP contribution < -0.4 is 14.4 Å². The van der Waals surface area contributed by atoms with Crippen molar-refractivity contribution < 1.29 is 33.2 Å². The first kappa shape index (κ1) is 33.1. The Morgan fingerprint density at radius 1 is 1.25 bits per heavy atom. The number of H-pyrrole nitrogens is 1.